The lowest BCUT2D eigenvalue weighted by molar-refractivity contribution is -0.0878. The average molecular weight is 722 g/mol. The number of amidine groups is 1. The maximum atomic E-state index is 14.7. The van der Waals surface area contributed by atoms with E-state index in [0.717, 1.165) is 5.69 Å². The molecule has 270 valence electrons. The first kappa shape index (κ1) is 35.9. The first-order valence-electron chi connectivity index (χ1n) is 16.4. The Labute approximate surface area is 297 Å². The van der Waals surface area contributed by atoms with E-state index in [9.17, 15) is 17.2 Å². The number of hydrogen-bond acceptors (Lipinski definition) is 10. The van der Waals surface area contributed by atoms with Gasteiger partial charge in [-0.1, -0.05) is 31.2 Å². The van der Waals surface area contributed by atoms with E-state index in [2.05, 4.69) is 4.98 Å². The number of sulfonamides is 1. The lowest BCUT2D eigenvalue weighted by Gasteiger charge is -2.41. The molecule has 3 aromatic carbocycles. The number of halogens is 2. The molecule has 1 atom stereocenters. The van der Waals surface area contributed by atoms with Gasteiger partial charge in [-0.2, -0.15) is 4.31 Å². The Balaban J connectivity index is 1.38. The molecule has 0 aliphatic carbocycles. The summed E-state index contributed by atoms with van der Waals surface area (Å²) in [6.45, 7) is 2.03. The summed E-state index contributed by atoms with van der Waals surface area (Å²) >= 11 is 0. The van der Waals surface area contributed by atoms with Gasteiger partial charge in [-0.25, -0.2) is 27.2 Å². The summed E-state index contributed by atoms with van der Waals surface area (Å²) in [6, 6.07) is 21.2. The molecular formula is C37H41F2N5O6S. The number of aromatic nitrogens is 1. The molecule has 0 bridgehead atoms. The maximum absolute atomic E-state index is 14.7. The van der Waals surface area contributed by atoms with Crippen molar-refractivity contribution in [1.29, 1.82) is 0 Å². The molecule has 51 heavy (non-hydrogen) atoms. The molecule has 0 amide bonds. The van der Waals surface area contributed by atoms with Crippen LogP contribution in [0.3, 0.4) is 0 Å². The minimum Gasteiger partial charge on any atom is -0.497 e. The van der Waals surface area contributed by atoms with Crippen molar-refractivity contribution in [3.8, 4) is 23.0 Å². The van der Waals surface area contributed by atoms with Gasteiger partial charge in [-0.15, -0.1) is 0 Å². The molecule has 1 saturated heterocycles. The van der Waals surface area contributed by atoms with Gasteiger partial charge in [0.15, 0.2) is 5.03 Å². The molecule has 0 radical (unpaired) electrons. The van der Waals surface area contributed by atoms with Crippen molar-refractivity contribution in [2.24, 2.45) is 10.9 Å². The number of ether oxygens (including phenoxy) is 4. The van der Waals surface area contributed by atoms with Gasteiger partial charge in [0.2, 0.25) is 0 Å². The molecule has 0 saturated carbocycles. The number of piperidine rings is 1. The SMILES string of the molecule is COc1ccc(CN(Cc2ccc(OC)cc2OC)S(=O)(=O)c2cc(N3CC(N4CCC(F)(F)C(C)C4)=Nc4ccccc43)ccn2)c(OC)c1. The minimum atomic E-state index is -4.27. The zero-order valence-electron chi connectivity index (χ0n) is 29.2. The Kier molecular flexibility index (Phi) is 10.4. The minimum absolute atomic E-state index is 0.0578. The summed E-state index contributed by atoms with van der Waals surface area (Å²) in [5.74, 6) is -0.898. The number of likely N-dealkylation sites (tertiary alicyclic amines) is 1. The second kappa shape index (κ2) is 14.7. The molecule has 0 N–H and O–H groups in total. The van der Waals surface area contributed by atoms with Gasteiger partial charge >= 0.3 is 0 Å². The average Bonchev–Trinajstić information content (AvgIpc) is 3.15. The van der Waals surface area contributed by atoms with E-state index in [0.29, 0.717) is 51.3 Å². The maximum Gasteiger partial charge on any atom is 0.261 e. The number of anilines is 2. The lowest BCUT2D eigenvalue weighted by Crippen LogP contribution is -2.51. The van der Waals surface area contributed by atoms with E-state index in [-0.39, 0.29) is 44.2 Å². The summed E-state index contributed by atoms with van der Waals surface area (Å²) in [6.07, 6.45) is 1.19. The third-order valence-electron chi connectivity index (χ3n) is 9.33. The predicted octanol–water partition coefficient (Wildman–Crippen LogP) is 6.67. The first-order chi connectivity index (χ1) is 24.5. The van der Waals surface area contributed by atoms with Crippen LogP contribution in [0.25, 0.3) is 0 Å². The molecule has 3 heterocycles. The Morgan fingerprint density at radius 1 is 0.863 bits per heavy atom. The fraction of sp³-hybridized carbons (Fsp3) is 0.351. The van der Waals surface area contributed by atoms with Gasteiger partial charge in [0.05, 0.1) is 46.4 Å². The number of hydrogen-bond donors (Lipinski definition) is 0. The second-order valence-corrected chi connectivity index (χ2v) is 14.3. The zero-order chi connectivity index (χ0) is 36.3. The number of alkyl halides is 2. The quantitative estimate of drug-likeness (QED) is 0.168. The van der Waals surface area contributed by atoms with Crippen molar-refractivity contribution in [3.63, 3.8) is 0 Å². The largest absolute Gasteiger partial charge is 0.497 e. The fourth-order valence-electron chi connectivity index (χ4n) is 6.32. The van der Waals surface area contributed by atoms with Gasteiger partial charge in [0, 0.05) is 79.7 Å². The Bertz CT molecular complexity index is 1970. The number of para-hydroxylation sites is 2. The van der Waals surface area contributed by atoms with E-state index >= 15 is 0 Å². The van der Waals surface area contributed by atoms with Gasteiger partial charge < -0.3 is 28.7 Å². The van der Waals surface area contributed by atoms with Crippen molar-refractivity contribution in [3.05, 3.63) is 90.1 Å². The van der Waals surface area contributed by atoms with Crippen LogP contribution >= 0.6 is 0 Å². The number of rotatable bonds is 11. The summed E-state index contributed by atoms with van der Waals surface area (Å²) in [4.78, 5) is 13.1. The highest BCUT2D eigenvalue weighted by Gasteiger charge is 2.42. The monoisotopic (exact) mass is 721 g/mol. The molecule has 11 nitrogen and oxygen atoms in total. The first-order valence-corrected chi connectivity index (χ1v) is 17.9. The van der Waals surface area contributed by atoms with E-state index in [1.807, 2.05) is 34.1 Å². The summed E-state index contributed by atoms with van der Waals surface area (Å²) in [5.41, 5.74) is 3.19. The van der Waals surface area contributed by atoms with Gasteiger partial charge in [0.25, 0.3) is 15.9 Å². The van der Waals surface area contributed by atoms with Crippen LogP contribution in [0, 0.1) is 5.92 Å². The van der Waals surface area contributed by atoms with Crippen LogP contribution in [0.15, 0.2) is 89.0 Å². The molecule has 2 aliphatic rings. The topological polar surface area (TPSA) is 106 Å². The molecule has 1 unspecified atom stereocenters. The fourth-order valence-corrected chi connectivity index (χ4v) is 7.67. The summed E-state index contributed by atoms with van der Waals surface area (Å²) < 4.78 is 81.4. The molecule has 4 aromatic rings. The Morgan fingerprint density at radius 2 is 1.49 bits per heavy atom. The third kappa shape index (κ3) is 7.42. The lowest BCUT2D eigenvalue weighted by atomic mass is 9.95. The highest BCUT2D eigenvalue weighted by molar-refractivity contribution is 7.89. The molecular weight excluding hydrogens is 680 g/mol. The van der Waals surface area contributed by atoms with Crippen molar-refractivity contribution >= 4 is 32.9 Å². The van der Waals surface area contributed by atoms with Crippen LogP contribution in [0.4, 0.5) is 25.8 Å². The van der Waals surface area contributed by atoms with Gasteiger partial charge in [-0.05, 0) is 30.3 Å². The van der Waals surface area contributed by atoms with E-state index in [1.54, 1.807) is 63.6 Å². The number of fused-ring (bicyclic) bond motifs is 1. The van der Waals surface area contributed by atoms with E-state index in [4.69, 9.17) is 23.9 Å². The number of pyridine rings is 1. The van der Waals surface area contributed by atoms with Gasteiger partial charge in [0.1, 0.15) is 28.8 Å². The Hall–Kier alpha value is -4.95. The molecule has 1 fully saturated rings. The number of benzene rings is 3. The predicted molar refractivity (Wildman–Crippen MR) is 191 cm³/mol. The van der Waals surface area contributed by atoms with Crippen LogP contribution < -0.4 is 23.8 Å². The highest BCUT2D eigenvalue weighted by Crippen LogP contribution is 2.40. The number of aliphatic imine (C=N–C) groups is 1. The van der Waals surface area contributed by atoms with Crippen LogP contribution in [-0.2, 0) is 23.1 Å². The van der Waals surface area contributed by atoms with E-state index < -0.39 is 21.9 Å². The Morgan fingerprint density at radius 3 is 2.08 bits per heavy atom. The smallest absolute Gasteiger partial charge is 0.261 e. The van der Waals surface area contributed by atoms with Crippen molar-refractivity contribution in [2.45, 2.75) is 37.4 Å². The van der Waals surface area contributed by atoms with Crippen molar-refractivity contribution < 1.29 is 36.1 Å². The third-order valence-corrected chi connectivity index (χ3v) is 11.0. The standard InChI is InChI=1S/C37H41F2N5O6S/c1-25-21-42(17-15-37(25,38)39)35-24-44(32-9-7-6-8-31(32)41-35)28-14-16-40-36(18-28)51(45,46)43(22-26-10-12-29(47-2)19-33(26)49-4)23-27-11-13-30(48-3)20-34(27)50-5/h6-14,16,18-20,25H,15,17,21-24H2,1-5H3. The van der Waals surface area contributed by atoms with Crippen LogP contribution in [0.2, 0.25) is 0 Å². The molecule has 2 aliphatic heterocycles. The number of nitrogens with zero attached hydrogens (tertiary/aromatic N) is 5. The molecule has 0 spiro atoms. The summed E-state index contributed by atoms with van der Waals surface area (Å²) in [7, 11) is 1.84. The summed E-state index contributed by atoms with van der Waals surface area (Å²) in [5, 5.41) is -0.173. The normalized spacial score (nSPS) is 17.1. The second-order valence-electron chi connectivity index (χ2n) is 12.4. The molecule has 1 aromatic heterocycles. The van der Waals surface area contributed by atoms with E-state index in [1.165, 1.54) is 30.8 Å². The highest BCUT2D eigenvalue weighted by atomic mass is 32.2. The zero-order valence-corrected chi connectivity index (χ0v) is 30.0. The van der Waals surface area contributed by atoms with Crippen LogP contribution in [-0.4, -0.2) is 82.4 Å². The van der Waals surface area contributed by atoms with Crippen LogP contribution in [0.1, 0.15) is 24.5 Å². The van der Waals surface area contributed by atoms with Crippen LogP contribution in [0.5, 0.6) is 23.0 Å². The molecule has 14 heteroatoms. The number of methoxy groups -OCH3 is 4. The van der Waals surface area contributed by atoms with Crippen molar-refractivity contribution in [2.75, 3.05) is 53.0 Å². The van der Waals surface area contributed by atoms with Gasteiger partial charge in [-0.3, -0.25) is 0 Å². The molecule has 6 rings (SSSR count). The van der Waals surface area contributed by atoms with Crippen molar-refractivity contribution in [1.82, 2.24) is 14.2 Å².